The Labute approximate surface area is 331 Å². The number of nitrogens with one attached hydrogen (secondary N) is 1. The van der Waals surface area contributed by atoms with Crippen LogP contribution in [-0.2, 0) is 25.5 Å². The van der Waals surface area contributed by atoms with Gasteiger partial charge in [-0.1, -0.05) is 55.4 Å². The molecule has 0 aliphatic rings. The Morgan fingerprint density at radius 3 is 1.75 bits per heavy atom. The fourth-order valence-corrected chi connectivity index (χ4v) is 6.07. The van der Waals surface area contributed by atoms with Crippen LogP contribution in [0.1, 0.15) is 59.7 Å². The molecule has 0 radical (unpaired) electrons. The molecule has 1 N–H and O–H groups in total. The minimum atomic E-state index is -0.429. The van der Waals surface area contributed by atoms with E-state index in [9.17, 15) is 14.4 Å². The first kappa shape index (κ1) is 40.7. The molecule has 0 spiro atoms. The van der Waals surface area contributed by atoms with Crippen molar-refractivity contribution < 1.29 is 33.3 Å². The summed E-state index contributed by atoms with van der Waals surface area (Å²) in [5.74, 6) is 6.83. The van der Waals surface area contributed by atoms with E-state index in [2.05, 4.69) is 40.5 Å². The van der Waals surface area contributed by atoms with Crippen LogP contribution in [0.25, 0.3) is 21.1 Å². The molecule has 0 atom stereocenters. The summed E-state index contributed by atoms with van der Waals surface area (Å²) in [6.45, 7) is 10.5. The smallest absolute Gasteiger partial charge is 0.330 e. The zero-order valence-electron chi connectivity index (χ0n) is 31.3. The molecular weight excluding hydrogens is 727 g/mol. The Hall–Kier alpha value is -6.51. The third-order valence-electron chi connectivity index (χ3n) is 8.28. The number of rotatable bonds is 19. The first-order valence-corrected chi connectivity index (χ1v) is 19.1. The van der Waals surface area contributed by atoms with E-state index in [0.29, 0.717) is 50.5 Å². The molecule has 0 aliphatic carbocycles. The van der Waals surface area contributed by atoms with Gasteiger partial charge in [-0.3, -0.25) is 4.79 Å². The lowest BCUT2D eigenvalue weighted by molar-refractivity contribution is -0.138. The number of carbonyl (C=O) groups excluding carboxylic acids is 3. The highest BCUT2D eigenvalue weighted by atomic mass is 32.1. The molecule has 10 nitrogen and oxygen atoms in total. The van der Waals surface area contributed by atoms with Crippen LogP contribution >= 0.6 is 11.3 Å². The molecule has 11 heteroatoms. The Morgan fingerprint density at radius 1 is 0.679 bits per heavy atom. The van der Waals surface area contributed by atoms with E-state index >= 15 is 0 Å². The van der Waals surface area contributed by atoms with Gasteiger partial charge in [0.2, 0.25) is 0 Å². The summed E-state index contributed by atoms with van der Waals surface area (Å²) < 4.78 is 21.6. The lowest BCUT2D eigenvalue weighted by Gasteiger charge is -2.13. The maximum atomic E-state index is 13.1. The molecule has 1 amide bonds. The molecule has 1 aromatic heterocycles. The van der Waals surface area contributed by atoms with Gasteiger partial charge in [0.25, 0.3) is 5.91 Å². The van der Waals surface area contributed by atoms with Crippen molar-refractivity contribution >= 4 is 34.9 Å². The van der Waals surface area contributed by atoms with Crippen molar-refractivity contribution in [2.45, 2.75) is 39.0 Å². The largest absolute Gasteiger partial charge is 0.494 e. The molecule has 4 aromatic carbocycles. The minimum Gasteiger partial charge on any atom is -0.494 e. The molecule has 5 aromatic rings. The first-order chi connectivity index (χ1) is 27.3. The summed E-state index contributed by atoms with van der Waals surface area (Å²) >= 11 is 1.49. The van der Waals surface area contributed by atoms with E-state index in [1.165, 1.54) is 11.3 Å². The highest BCUT2D eigenvalue weighted by Gasteiger charge is 2.13. The highest BCUT2D eigenvalue weighted by Crippen LogP contribution is 2.31. The summed E-state index contributed by atoms with van der Waals surface area (Å²) in [5, 5.41) is 13.4. The van der Waals surface area contributed by atoms with Crippen molar-refractivity contribution in [1.82, 2.24) is 10.2 Å². The molecule has 1 heterocycles. The maximum Gasteiger partial charge on any atom is 0.330 e. The van der Waals surface area contributed by atoms with Gasteiger partial charge in [0, 0.05) is 45.7 Å². The summed E-state index contributed by atoms with van der Waals surface area (Å²) in [5.41, 5.74) is 5.72. The van der Waals surface area contributed by atoms with E-state index < -0.39 is 11.9 Å². The average molecular weight is 770 g/mol. The van der Waals surface area contributed by atoms with Gasteiger partial charge in [-0.2, -0.15) is 0 Å². The number of amides is 1. The van der Waals surface area contributed by atoms with Crippen LogP contribution in [0.5, 0.6) is 11.5 Å². The molecule has 0 unspecified atom stereocenters. The van der Waals surface area contributed by atoms with Gasteiger partial charge in [-0.25, -0.2) is 9.59 Å². The van der Waals surface area contributed by atoms with Crippen molar-refractivity contribution in [3.05, 3.63) is 139 Å². The minimum absolute atomic E-state index is 0.216. The first-order valence-electron chi connectivity index (χ1n) is 18.3. The average Bonchev–Trinajstić information content (AvgIpc) is 3.73. The molecule has 56 heavy (non-hydrogen) atoms. The molecule has 286 valence electrons. The SMILES string of the molecule is C=CC(=O)OCCCCOc1ccc(C#Cc2ccc(-c3nnc(-c4ccc(NC(=O)c5ccc(OCCCCOC(=O)C=C)c(CC)c5)cc4)s3)cc2)cc1. The highest BCUT2D eigenvalue weighted by molar-refractivity contribution is 7.17. The van der Waals surface area contributed by atoms with E-state index in [-0.39, 0.29) is 5.91 Å². The Morgan fingerprint density at radius 2 is 1.20 bits per heavy atom. The van der Waals surface area contributed by atoms with Gasteiger partial charge in [0.15, 0.2) is 0 Å². The van der Waals surface area contributed by atoms with Crippen molar-refractivity contribution in [3.63, 3.8) is 0 Å². The van der Waals surface area contributed by atoms with Gasteiger partial charge < -0.3 is 24.3 Å². The van der Waals surface area contributed by atoms with Crippen LogP contribution in [0, 0.1) is 11.8 Å². The quantitative estimate of drug-likeness (QED) is 0.0380. The zero-order chi connectivity index (χ0) is 39.5. The van der Waals surface area contributed by atoms with Crippen LogP contribution in [0.4, 0.5) is 5.69 Å². The monoisotopic (exact) mass is 769 g/mol. The number of nitrogens with zero attached hydrogens (tertiary/aromatic N) is 2. The fourth-order valence-electron chi connectivity index (χ4n) is 5.21. The molecule has 5 rings (SSSR count). The number of ether oxygens (including phenoxy) is 4. The third kappa shape index (κ3) is 12.5. The molecular formula is C45H43N3O7S. The summed E-state index contributed by atoms with van der Waals surface area (Å²) in [6, 6.07) is 28.5. The van der Waals surface area contributed by atoms with Gasteiger partial charge in [0.1, 0.15) is 21.5 Å². The van der Waals surface area contributed by atoms with E-state index in [0.717, 1.165) is 80.7 Å². The van der Waals surface area contributed by atoms with Crippen LogP contribution in [-0.4, -0.2) is 54.5 Å². The Balaban J connectivity index is 1.08. The fraction of sp³-hybridized carbons (Fsp3) is 0.222. The topological polar surface area (TPSA) is 126 Å². The Bertz CT molecular complexity index is 2170. The van der Waals surface area contributed by atoms with E-state index in [4.69, 9.17) is 18.9 Å². The van der Waals surface area contributed by atoms with Crippen LogP contribution in [0.2, 0.25) is 0 Å². The second kappa shape index (κ2) is 21.4. The summed E-state index contributed by atoms with van der Waals surface area (Å²) in [6.07, 6.45) is 5.91. The number of esters is 2. The number of unbranched alkanes of at least 4 members (excludes halogenated alkanes) is 2. The van der Waals surface area contributed by atoms with E-state index in [1.54, 1.807) is 6.07 Å². The van der Waals surface area contributed by atoms with E-state index in [1.807, 2.05) is 91.9 Å². The number of hydrogen-bond acceptors (Lipinski definition) is 10. The van der Waals surface area contributed by atoms with Gasteiger partial charge in [-0.05, 0) is 117 Å². The van der Waals surface area contributed by atoms with Gasteiger partial charge >= 0.3 is 11.9 Å². The number of aromatic nitrogens is 2. The van der Waals surface area contributed by atoms with Crippen LogP contribution in [0.15, 0.2) is 116 Å². The normalized spacial score (nSPS) is 10.4. The van der Waals surface area contributed by atoms with Crippen LogP contribution in [0.3, 0.4) is 0 Å². The summed E-state index contributed by atoms with van der Waals surface area (Å²) in [4.78, 5) is 35.3. The lowest BCUT2D eigenvalue weighted by Crippen LogP contribution is -2.12. The van der Waals surface area contributed by atoms with Crippen molar-refractivity contribution in [2.24, 2.45) is 0 Å². The number of aryl methyl sites for hydroxylation is 1. The lowest BCUT2D eigenvalue weighted by atomic mass is 10.1. The van der Waals surface area contributed by atoms with Gasteiger partial charge in [-0.15, -0.1) is 10.2 Å². The third-order valence-corrected chi connectivity index (χ3v) is 9.30. The van der Waals surface area contributed by atoms with Crippen LogP contribution < -0.4 is 14.8 Å². The van der Waals surface area contributed by atoms with Crippen molar-refractivity contribution in [2.75, 3.05) is 31.7 Å². The predicted molar refractivity (Wildman–Crippen MR) is 219 cm³/mol. The molecule has 0 fully saturated rings. The standard InChI is InChI=1S/C45H43N3O7S/c1-4-34-31-37(21-26-40(34)53-28-8-10-30-55-42(50)6-3)43(51)46-38-22-19-36(20-23-38)45-48-47-44(56-45)35-17-13-32(14-18-35)11-12-33-15-24-39(25-16-33)52-27-7-9-29-54-41(49)5-2/h5-6,13-26,31H,2-4,7-10,27-30H2,1H3,(H,46,51). The van der Waals surface area contributed by atoms with Crippen molar-refractivity contribution in [3.8, 4) is 44.5 Å². The van der Waals surface area contributed by atoms with Crippen molar-refractivity contribution in [1.29, 1.82) is 0 Å². The number of anilines is 1. The molecule has 0 saturated heterocycles. The second-order valence-electron chi connectivity index (χ2n) is 12.3. The Kier molecular flexibility index (Phi) is 15.5. The number of benzene rings is 4. The number of carbonyl (C=O) groups is 3. The molecule has 0 saturated carbocycles. The predicted octanol–water partition coefficient (Wildman–Crippen LogP) is 8.86. The zero-order valence-corrected chi connectivity index (χ0v) is 32.1. The molecule has 0 aliphatic heterocycles. The molecule has 0 bridgehead atoms. The maximum absolute atomic E-state index is 13.1. The second-order valence-corrected chi connectivity index (χ2v) is 13.3. The summed E-state index contributed by atoms with van der Waals surface area (Å²) in [7, 11) is 0. The number of hydrogen-bond donors (Lipinski definition) is 1. The van der Waals surface area contributed by atoms with Gasteiger partial charge in [0.05, 0.1) is 26.4 Å².